The Kier molecular flexibility index (Phi) is 5.07. The molecule has 1 fully saturated rings. The number of carbonyl (C=O) groups is 1. The summed E-state index contributed by atoms with van der Waals surface area (Å²) in [5.41, 5.74) is 0.611. The maximum atomic E-state index is 13.8. The molecule has 1 saturated carbocycles. The second kappa shape index (κ2) is 7.41. The number of nitriles is 1. The van der Waals surface area contributed by atoms with Gasteiger partial charge in [0.15, 0.2) is 0 Å². The Morgan fingerprint density at radius 3 is 2.71 bits per heavy atom. The van der Waals surface area contributed by atoms with Gasteiger partial charge < -0.3 is 5.32 Å². The van der Waals surface area contributed by atoms with Crippen LogP contribution in [0.2, 0.25) is 0 Å². The lowest BCUT2D eigenvalue weighted by Crippen LogP contribution is -2.33. The average molecular weight is 340 g/mol. The first-order valence-electron chi connectivity index (χ1n) is 7.95. The van der Waals surface area contributed by atoms with Crippen LogP contribution in [0.3, 0.4) is 0 Å². The Balaban J connectivity index is 1.78. The van der Waals surface area contributed by atoms with E-state index in [1.54, 1.807) is 36.4 Å². The molecule has 3 rings (SSSR count). The summed E-state index contributed by atoms with van der Waals surface area (Å²) in [6.45, 7) is 0. The summed E-state index contributed by atoms with van der Waals surface area (Å²) >= 11 is 1.36. The van der Waals surface area contributed by atoms with Gasteiger partial charge in [-0.2, -0.15) is 5.26 Å². The van der Waals surface area contributed by atoms with Gasteiger partial charge >= 0.3 is 0 Å². The van der Waals surface area contributed by atoms with E-state index in [0.717, 1.165) is 35.4 Å². The predicted octanol–water partition coefficient (Wildman–Crippen LogP) is 4.52. The van der Waals surface area contributed by atoms with E-state index in [9.17, 15) is 14.4 Å². The highest BCUT2D eigenvalue weighted by atomic mass is 32.1. The molecule has 1 N–H and O–H groups in total. The second-order valence-electron chi connectivity index (χ2n) is 5.81. The Bertz CT molecular complexity index is 813. The Morgan fingerprint density at radius 2 is 2.00 bits per heavy atom. The van der Waals surface area contributed by atoms with Crippen LogP contribution in [0.15, 0.2) is 42.0 Å². The highest BCUT2D eigenvalue weighted by Gasteiger charge is 2.19. The molecule has 0 bridgehead atoms. The Morgan fingerprint density at radius 1 is 1.25 bits per heavy atom. The number of halogens is 1. The van der Waals surface area contributed by atoms with Gasteiger partial charge in [0.1, 0.15) is 17.5 Å². The van der Waals surface area contributed by atoms with Gasteiger partial charge in [-0.15, -0.1) is 11.3 Å². The smallest absolute Gasteiger partial charge is 0.262 e. The van der Waals surface area contributed by atoms with Gasteiger partial charge in [-0.25, -0.2) is 4.39 Å². The second-order valence-corrected chi connectivity index (χ2v) is 6.92. The number of carbonyl (C=O) groups excluding carboxylic acids is 1. The zero-order chi connectivity index (χ0) is 16.9. The lowest BCUT2D eigenvalue weighted by molar-refractivity contribution is -0.117. The van der Waals surface area contributed by atoms with Crippen molar-refractivity contribution in [2.75, 3.05) is 0 Å². The van der Waals surface area contributed by atoms with E-state index in [4.69, 9.17) is 0 Å². The van der Waals surface area contributed by atoms with E-state index < -0.39 is 0 Å². The predicted molar refractivity (Wildman–Crippen MR) is 93.7 cm³/mol. The average Bonchev–Trinajstić information content (AvgIpc) is 3.24. The quantitative estimate of drug-likeness (QED) is 0.657. The number of hydrogen-bond donors (Lipinski definition) is 1. The van der Waals surface area contributed by atoms with E-state index in [1.807, 2.05) is 6.07 Å². The number of hydrogen-bond acceptors (Lipinski definition) is 3. The highest BCUT2D eigenvalue weighted by molar-refractivity contribution is 7.16. The minimum Gasteiger partial charge on any atom is -0.349 e. The van der Waals surface area contributed by atoms with Crippen LogP contribution in [0.1, 0.15) is 30.6 Å². The van der Waals surface area contributed by atoms with Crippen molar-refractivity contribution in [1.29, 1.82) is 5.26 Å². The third-order valence-electron chi connectivity index (χ3n) is 4.11. The molecule has 0 unspecified atom stereocenters. The van der Waals surface area contributed by atoms with Gasteiger partial charge in [-0.1, -0.05) is 31.0 Å². The van der Waals surface area contributed by atoms with Crippen molar-refractivity contribution >= 4 is 23.3 Å². The first-order chi connectivity index (χ1) is 11.7. The largest absolute Gasteiger partial charge is 0.349 e. The Labute approximate surface area is 144 Å². The fourth-order valence-electron chi connectivity index (χ4n) is 2.86. The van der Waals surface area contributed by atoms with Gasteiger partial charge in [0.25, 0.3) is 5.91 Å². The molecule has 0 aliphatic heterocycles. The fourth-order valence-corrected chi connectivity index (χ4v) is 3.84. The zero-order valence-electron chi connectivity index (χ0n) is 13.1. The molecular weight excluding hydrogens is 323 g/mol. The molecule has 1 aromatic carbocycles. The third-order valence-corrected chi connectivity index (χ3v) is 5.17. The molecule has 24 heavy (non-hydrogen) atoms. The summed E-state index contributed by atoms with van der Waals surface area (Å²) in [4.78, 5) is 13.7. The molecule has 0 spiro atoms. The monoisotopic (exact) mass is 340 g/mol. The lowest BCUT2D eigenvalue weighted by Gasteiger charge is -2.10. The van der Waals surface area contributed by atoms with Crippen molar-refractivity contribution < 1.29 is 9.18 Å². The number of nitrogens with one attached hydrogen (secondary N) is 1. The molecule has 122 valence electrons. The molecule has 1 amide bonds. The van der Waals surface area contributed by atoms with Crippen LogP contribution in [0.25, 0.3) is 16.5 Å². The molecule has 5 heteroatoms. The SMILES string of the molecule is N#C/C(=C\c1ccc(-c2ccccc2F)s1)C(=O)NC1CCCC1. The molecule has 2 aromatic rings. The van der Waals surface area contributed by atoms with Crippen LogP contribution in [-0.2, 0) is 4.79 Å². The zero-order valence-corrected chi connectivity index (χ0v) is 13.9. The van der Waals surface area contributed by atoms with Crippen molar-refractivity contribution in [2.24, 2.45) is 0 Å². The van der Waals surface area contributed by atoms with E-state index in [1.165, 1.54) is 17.4 Å². The molecular formula is C19H17FN2OS. The third kappa shape index (κ3) is 3.72. The summed E-state index contributed by atoms with van der Waals surface area (Å²) < 4.78 is 13.8. The summed E-state index contributed by atoms with van der Waals surface area (Å²) in [5.74, 6) is -0.611. The summed E-state index contributed by atoms with van der Waals surface area (Å²) in [6, 6.07) is 12.3. The van der Waals surface area contributed by atoms with Gasteiger partial charge in [0.05, 0.1) is 0 Å². The van der Waals surface area contributed by atoms with Crippen molar-refractivity contribution in [3.05, 3.63) is 52.7 Å². The number of rotatable bonds is 4. The number of amides is 1. The molecule has 0 radical (unpaired) electrons. The van der Waals surface area contributed by atoms with Crippen LogP contribution in [0.4, 0.5) is 4.39 Å². The van der Waals surface area contributed by atoms with Crippen molar-refractivity contribution in [2.45, 2.75) is 31.7 Å². The minimum absolute atomic E-state index is 0.0869. The highest BCUT2D eigenvalue weighted by Crippen LogP contribution is 2.31. The van der Waals surface area contributed by atoms with Crippen LogP contribution in [-0.4, -0.2) is 11.9 Å². The van der Waals surface area contributed by atoms with Gasteiger partial charge in [0, 0.05) is 21.4 Å². The topological polar surface area (TPSA) is 52.9 Å². The number of thiophene rings is 1. The maximum Gasteiger partial charge on any atom is 0.262 e. The van der Waals surface area contributed by atoms with Crippen molar-refractivity contribution in [3.63, 3.8) is 0 Å². The van der Waals surface area contributed by atoms with Gasteiger partial charge in [0.2, 0.25) is 0 Å². The summed E-state index contributed by atoms with van der Waals surface area (Å²) in [5, 5.41) is 12.2. The van der Waals surface area contributed by atoms with E-state index in [2.05, 4.69) is 5.32 Å². The normalized spacial score (nSPS) is 15.2. The fraction of sp³-hybridized carbons (Fsp3) is 0.263. The molecule has 0 saturated heterocycles. The molecule has 1 aliphatic carbocycles. The van der Waals surface area contributed by atoms with Crippen LogP contribution >= 0.6 is 11.3 Å². The van der Waals surface area contributed by atoms with Crippen LogP contribution in [0.5, 0.6) is 0 Å². The lowest BCUT2D eigenvalue weighted by atomic mass is 10.1. The number of nitrogens with zero attached hydrogens (tertiary/aromatic N) is 1. The van der Waals surface area contributed by atoms with E-state index in [-0.39, 0.29) is 23.3 Å². The first-order valence-corrected chi connectivity index (χ1v) is 8.76. The maximum absolute atomic E-state index is 13.8. The molecule has 1 aromatic heterocycles. The molecule has 1 heterocycles. The summed E-state index contributed by atoms with van der Waals surface area (Å²) in [6.07, 6.45) is 5.75. The van der Waals surface area contributed by atoms with E-state index in [0.29, 0.717) is 5.56 Å². The van der Waals surface area contributed by atoms with Crippen molar-refractivity contribution in [1.82, 2.24) is 5.32 Å². The standard InChI is InChI=1S/C19H17FN2OS/c20-17-8-4-3-7-16(17)18-10-9-15(24-18)11-13(12-21)19(23)22-14-5-1-2-6-14/h3-4,7-11,14H,1-2,5-6H2,(H,22,23)/b13-11+. The molecule has 1 aliphatic rings. The van der Waals surface area contributed by atoms with E-state index >= 15 is 0 Å². The Hall–Kier alpha value is -2.45. The van der Waals surface area contributed by atoms with Gasteiger partial charge in [-0.3, -0.25) is 4.79 Å². The number of benzene rings is 1. The van der Waals surface area contributed by atoms with Crippen LogP contribution in [0, 0.1) is 17.1 Å². The molecule has 0 atom stereocenters. The van der Waals surface area contributed by atoms with Crippen molar-refractivity contribution in [3.8, 4) is 16.5 Å². The first kappa shape index (κ1) is 16.4. The minimum atomic E-state index is -0.328. The van der Waals surface area contributed by atoms with Gasteiger partial charge in [-0.05, 0) is 37.1 Å². The van der Waals surface area contributed by atoms with Crippen LogP contribution < -0.4 is 5.32 Å². The summed E-state index contributed by atoms with van der Waals surface area (Å²) in [7, 11) is 0. The molecule has 3 nitrogen and oxygen atoms in total.